The van der Waals surface area contributed by atoms with Crippen molar-refractivity contribution in [2.45, 2.75) is 65.3 Å². The Morgan fingerprint density at radius 2 is 1.82 bits per heavy atom. The molecule has 1 fully saturated rings. The molecule has 98 valence electrons. The molecule has 1 aliphatic rings. The Morgan fingerprint density at radius 3 is 2.29 bits per heavy atom. The van der Waals surface area contributed by atoms with Crippen LogP contribution in [0.5, 0.6) is 0 Å². The summed E-state index contributed by atoms with van der Waals surface area (Å²) < 4.78 is 11.2. The largest absolute Gasteiger partial charge is 0.432 e. The number of ether oxygens (including phenoxy) is 2. The van der Waals surface area contributed by atoms with Gasteiger partial charge in [0.25, 0.3) is 0 Å². The van der Waals surface area contributed by atoms with Crippen molar-refractivity contribution in [1.29, 1.82) is 0 Å². The minimum Gasteiger partial charge on any atom is -0.432 e. The van der Waals surface area contributed by atoms with Crippen molar-refractivity contribution in [2.75, 3.05) is 0 Å². The molecular weight excluding hydrogens is 216 g/mol. The average Bonchev–Trinajstić information content (AvgIpc) is 2.29. The van der Waals surface area contributed by atoms with Crippen molar-refractivity contribution >= 4 is 5.97 Å². The highest BCUT2D eigenvalue weighted by molar-refractivity contribution is 5.87. The van der Waals surface area contributed by atoms with Gasteiger partial charge in [0, 0.05) is 11.5 Å². The average molecular weight is 240 g/mol. The lowest BCUT2D eigenvalue weighted by Crippen LogP contribution is -2.32. The van der Waals surface area contributed by atoms with E-state index < -0.39 is 6.29 Å². The highest BCUT2D eigenvalue weighted by atomic mass is 16.7. The Hall–Kier alpha value is -0.830. The normalized spacial score (nSPS) is 19.1. The van der Waals surface area contributed by atoms with Gasteiger partial charge in [-0.05, 0) is 19.8 Å². The van der Waals surface area contributed by atoms with Crippen molar-refractivity contribution in [3.63, 3.8) is 0 Å². The van der Waals surface area contributed by atoms with Crippen LogP contribution in [0.3, 0.4) is 0 Å². The summed E-state index contributed by atoms with van der Waals surface area (Å²) in [7, 11) is 0. The lowest BCUT2D eigenvalue weighted by molar-refractivity contribution is -0.201. The predicted octanol–water partition coefficient (Wildman–Crippen LogP) is 3.44. The molecule has 0 aromatic carbocycles. The van der Waals surface area contributed by atoms with Gasteiger partial charge in [-0.2, -0.15) is 0 Å². The Bertz CT molecular complexity index is 265. The first-order chi connectivity index (χ1) is 8.00. The molecule has 17 heavy (non-hydrogen) atoms. The predicted molar refractivity (Wildman–Crippen MR) is 67.5 cm³/mol. The van der Waals surface area contributed by atoms with E-state index in [1.807, 2.05) is 13.8 Å². The molecule has 1 rings (SSSR count). The summed E-state index contributed by atoms with van der Waals surface area (Å²) in [6.45, 7) is 9.24. The Morgan fingerprint density at radius 1 is 1.24 bits per heavy atom. The second kappa shape index (κ2) is 6.80. The van der Waals surface area contributed by atoms with Crippen LogP contribution in [0.25, 0.3) is 0 Å². The summed E-state index contributed by atoms with van der Waals surface area (Å²) in [5, 5.41) is 0. The van der Waals surface area contributed by atoms with Gasteiger partial charge in [0.15, 0.2) is 0 Å². The Kier molecular flexibility index (Phi) is 5.69. The lowest BCUT2D eigenvalue weighted by Gasteiger charge is -2.29. The van der Waals surface area contributed by atoms with Gasteiger partial charge in [0.2, 0.25) is 6.29 Å². The van der Waals surface area contributed by atoms with E-state index in [0.717, 1.165) is 12.8 Å². The zero-order valence-electron chi connectivity index (χ0n) is 11.2. The van der Waals surface area contributed by atoms with Gasteiger partial charge < -0.3 is 9.47 Å². The fourth-order valence-corrected chi connectivity index (χ4v) is 1.92. The molecule has 0 saturated heterocycles. The Balaban J connectivity index is 2.47. The molecule has 1 unspecified atom stereocenters. The minimum absolute atomic E-state index is 0.167. The topological polar surface area (TPSA) is 35.5 Å². The molecule has 0 aromatic rings. The van der Waals surface area contributed by atoms with Crippen LogP contribution in [0.4, 0.5) is 0 Å². The highest BCUT2D eigenvalue weighted by Crippen LogP contribution is 2.24. The SMILES string of the molecule is C=C(C)C(=O)OC(OC1CCCCC1)C(C)C. The molecule has 1 atom stereocenters. The van der Waals surface area contributed by atoms with Crippen molar-refractivity contribution in [1.82, 2.24) is 0 Å². The number of carbonyl (C=O) groups excluding carboxylic acids is 1. The molecule has 0 radical (unpaired) electrons. The van der Waals surface area contributed by atoms with Crippen LogP contribution >= 0.6 is 0 Å². The summed E-state index contributed by atoms with van der Waals surface area (Å²) >= 11 is 0. The van der Waals surface area contributed by atoms with Gasteiger partial charge in [-0.3, -0.25) is 0 Å². The molecule has 0 aliphatic heterocycles. The van der Waals surface area contributed by atoms with Gasteiger partial charge in [-0.15, -0.1) is 0 Å². The van der Waals surface area contributed by atoms with E-state index in [0.29, 0.717) is 5.57 Å². The Labute approximate surface area is 104 Å². The highest BCUT2D eigenvalue weighted by Gasteiger charge is 2.24. The van der Waals surface area contributed by atoms with E-state index in [9.17, 15) is 4.79 Å². The third-order valence-corrected chi connectivity index (χ3v) is 2.99. The van der Waals surface area contributed by atoms with E-state index in [4.69, 9.17) is 9.47 Å². The van der Waals surface area contributed by atoms with Gasteiger partial charge in [-0.25, -0.2) is 4.79 Å². The van der Waals surface area contributed by atoms with Crippen LogP contribution in [0.1, 0.15) is 52.9 Å². The van der Waals surface area contributed by atoms with Gasteiger partial charge in [-0.1, -0.05) is 39.7 Å². The van der Waals surface area contributed by atoms with E-state index in [1.165, 1.54) is 19.3 Å². The number of hydrogen-bond acceptors (Lipinski definition) is 3. The van der Waals surface area contributed by atoms with Crippen LogP contribution < -0.4 is 0 Å². The van der Waals surface area contributed by atoms with Crippen LogP contribution in [0.15, 0.2) is 12.2 Å². The fourth-order valence-electron chi connectivity index (χ4n) is 1.92. The zero-order valence-corrected chi connectivity index (χ0v) is 11.2. The summed E-state index contributed by atoms with van der Waals surface area (Å²) in [5.41, 5.74) is 0.419. The molecule has 0 bridgehead atoms. The summed E-state index contributed by atoms with van der Waals surface area (Å²) in [6.07, 6.45) is 5.67. The lowest BCUT2D eigenvalue weighted by atomic mass is 9.97. The van der Waals surface area contributed by atoms with E-state index >= 15 is 0 Å². The molecule has 0 amide bonds. The second-order valence-corrected chi connectivity index (χ2v) is 5.19. The van der Waals surface area contributed by atoms with Crippen molar-refractivity contribution in [3.8, 4) is 0 Å². The minimum atomic E-state index is -0.442. The number of esters is 1. The van der Waals surface area contributed by atoms with Crippen molar-refractivity contribution in [2.24, 2.45) is 5.92 Å². The fraction of sp³-hybridized carbons (Fsp3) is 0.786. The maximum absolute atomic E-state index is 11.5. The third-order valence-electron chi connectivity index (χ3n) is 2.99. The molecule has 0 heterocycles. The van der Waals surface area contributed by atoms with Crippen LogP contribution in [-0.4, -0.2) is 18.4 Å². The standard InChI is InChI=1S/C14H24O3/c1-10(2)13(15)17-14(11(3)4)16-12-8-6-5-7-9-12/h11-12,14H,1,5-9H2,2-4H3. The van der Waals surface area contributed by atoms with Crippen LogP contribution in [0, 0.1) is 5.92 Å². The summed E-state index contributed by atoms with van der Waals surface area (Å²) in [4.78, 5) is 11.5. The molecule has 1 saturated carbocycles. The number of carbonyl (C=O) groups is 1. The van der Waals surface area contributed by atoms with Gasteiger partial charge in [0.1, 0.15) is 0 Å². The molecule has 3 nitrogen and oxygen atoms in total. The van der Waals surface area contributed by atoms with Crippen LogP contribution in [-0.2, 0) is 14.3 Å². The van der Waals surface area contributed by atoms with Crippen molar-refractivity contribution in [3.05, 3.63) is 12.2 Å². The van der Waals surface area contributed by atoms with E-state index in [-0.39, 0.29) is 18.0 Å². The quantitative estimate of drug-likeness (QED) is 0.419. The molecule has 0 aromatic heterocycles. The van der Waals surface area contributed by atoms with E-state index in [2.05, 4.69) is 6.58 Å². The monoisotopic (exact) mass is 240 g/mol. The molecular formula is C14H24O3. The number of hydrogen-bond donors (Lipinski definition) is 0. The third kappa shape index (κ3) is 4.90. The number of rotatable bonds is 5. The smallest absolute Gasteiger partial charge is 0.335 e. The maximum atomic E-state index is 11.5. The van der Waals surface area contributed by atoms with Crippen LogP contribution in [0.2, 0.25) is 0 Å². The first kappa shape index (κ1) is 14.2. The van der Waals surface area contributed by atoms with E-state index in [1.54, 1.807) is 6.92 Å². The summed E-state index contributed by atoms with van der Waals surface area (Å²) in [6, 6.07) is 0. The molecule has 0 spiro atoms. The maximum Gasteiger partial charge on any atom is 0.335 e. The summed E-state index contributed by atoms with van der Waals surface area (Å²) in [5.74, 6) is -0.195. The van der Waals surface area contributed by atoms with Gasteiger partial charge in [0.05, 0.1) is 6.10 Å². The zero-order chi connectivity index (χ0) is 12.8. The first-order valence-electron chi connectivity index (χ1n) is 6.52. The molecule has 0 N–H and O–H groups in total. The second-order valence-electron chi connectivity index (χ2n) is 5.19. The van der Waals surface area contributed by atoms with Crippen molar-refractivity contribution < 1.29 is 14.3 Å². The first-order valence-corrected chi connectivity index (χ1v) is 6.52. The molecule has 3 heteroatoms. The molecule has 1 aliphatic carbocycles. The van der Waals surface area contributed by atoms with Gasteiger partial charge >= 0.3 is 5.97 Å².